The second-order valence-corrected chi connectivity index (χ2v) is 7.24. The maximum absolute atomic E-state index is 12.7. The van der Waals surface area contributed by atoms with Crippen molar-refractivity contribution in [3.8, 4) is 0 Å². The quantitative estimate of drug-likeness (QED) is 0.787. The maximum atomic E-state index is 12.7. The zero-order valence-corrected chi connectivity index (χ0v) is 14.9. The van der Waals surface area contributed by atoms with Gasteiger partial charge in [0.2, 0.25) is 5.91 Å². The molecule has 1 saturated carbocycles. The van der Waals surface area contributed by atoms with Gasteiger partial charge in [0.25, 0.3) is 0 Å². The number of aromatic nitrogens is 3. The van der Waals surface area contributed by atoms with E-state index in [2.05, 4.69) is 5.10 Å². The van der Waals surface area contributed by atoms with Gasteiger partial charge in [0.1, 0.15) is 5.82 Å². The minimum atomic E-state index is -0.0307. The molecule has 1 aromatic heterocycles. The number of ether oxygens (including phenoxy) is 1. The van der Waals surface area contributed by atoms with Crippen molar-refractivity contribution in [1.29, 1.82) is 0 Å². The van der Waals surface area contributed by atoms with E-state index in [4.69, 9.17) is 4.74 Å². The molecule has 0 spiro atoms. The number of methoxy groups -OCH3 is 1. The molecular weight excluding hydrogens is 308 g/mol. The molecule has 0 aromatic carbocycles. The molecule has 24 heavy (non-hydrogen) atoms. The van der Waals surface area contributed by atoms with E-state index in [0.29, 0.717) is 25.7 Å². The Morgan fingerprint density at radius 3 is 2.71 bits per heavy atom. The summed E-state index contributed by atoms with van der Waals surface area (Å²) < 4.78 is 8.49. The van der Waals surface area contributed by atoms with Crippen molar-refractivity contribution in [3.63, 3.8) is 0 Å². The van der Waals surface area contributed by atoms with Crippen LogP contribution < -0.4 is 5.69 Å². The van der Waals surface area contributed by atoms with Crippen LogP contribution in [-0.4, -0.2) is 52.0 Å². The molecule has 1 aliphatic carbocycles. The number of hydrogen-bond donors (Lipinski definition) is 0. The predicted molar refractivity (Wildman–Crippen MR) is 90.0 cm³/mol. The predicted octanol–water partition coefficient (Wildman–Crippen LogP) is 1.39. The first-order chi connectivity index (χ1) is 11.5. The third-order valence-electron chi connectivity index (χ3n) is 4.91. The van der Waals surface area contributed by atoms with Crippen LogP contribution in [0.5, 0.6) is 0 Å². The van der Waals surface area contributed by atoms with Crippen molar-refractivity contribution in [2.75, 3.05) is 26.8 Å². The molecule has 0 bridgehead atoms. The summed E-state index contributed by atoms with van der Waals surface area (Å²) in [7, 11) is 1.63. The highest BCUT2D eigenvalue weighted by molar-refractivity contribution is 5.78. The first-order valence-corrected chi connectivity index (χ1v) is 9.00. The van der Waals surface area contributed by atoms with E-state index in [1.807, 2.05) is 23.3 Å². The Morgan fingerprint density at radius 1 is 1.33 bits per heavy atom. The number of piperidine rings is 1. The molecular formula is C17H28N4O3. The van der Waals surface area contributed by atoms with Crippen LogP contribution >= 0.6 is 0 Å². The van der Waals surface area contributed by atoms with Crippen molar-refractivity contribution < 1.29 is 9.53 Å². The number of likely N-dealkylation sites (tertiary alicyclic amines) is 1. The number of amides is 1. The smallest absolute Gasteiger partial charge is 0.346 e. The summed E-state index contributed by atoms with van der Waals surface area (Å²) in [5, 5.41) is 4.62. The zero-order valence-electron chi connectivity index (χ0n) is 14.9. The number of hydrogen-bond acceptors (Lipinski definition) is 4. The summed E-state index contributed by atoms with van der Waals surface area (Å²) in [6.07, 6.45) is 4.04. The molecule has 2 heterocycles. The van der Waals surface area contributed by atoms with Gasteiger partial charge >= 0.3 is 5.69 Å². The van der Waals surface area contributed by atoms with Crippen molar-refractivity contribution in [2.45, 2.75) is 58.0 Å². The van der Waals surface area contributed by atoms with E-state index in [1.165, 1.54) is 4.68 Å². The Hall–Kier alpha value is -1.63. The topological polar surface area (TPSA) is 69.4 Å². The fourth-order valence-corrected chi connectivity index (χ4v) is 3.47. The van der Waals surface area contributed by atoms with Crippen LogP contribution in [0.15, 0.2) is 4.79 Å². The molecule has 7 heteroatoms. The van der Waals surface area contributed by atoms with E-state index in [0.717, 1.165) is 38.1 Å². The van der Waals surface area contributed by atoms with E-state index >= 15 is 0 Å². The van der Waals surface area contributed by atoms with Gasteiger partial charge in [-0.3, -0.25) is 9.36 Å². The van der Waals surface area contributed by atoms with Gasteiger partial charge in [-0.05, 0) is 25.7 Å². The third kappa shape index (κ3) is 3.41. The number of carbonyl (C=O) groups excluding carboxylic acids is 1. The third-order valence-corrected chi connectivity index (χ3v) is 4.91. The molecule has 0 N–H and O–H groups in total. The molecule has 1 aromatic rings. The summed E-state index contributed by atoms with van der Waals surface area (Å²) in [6, 6.07) is 0.292. The lowest BCUT2D eigenvalue weighted by atomic mass is 9.96. The molecule has 1 unspecified atom stereocenters. The summed E-state index contributed by atoms with van der Waals surface area (Å²) in [5.74, 6) is 1.21. The first-order valence-electron chi connectivity index (χ1n) is 9.00. The van der Waals surface area contributed by atoms with Gasteiger partial charge < -0.3 is 9.64 Å². The normalized spacial score (nSPS) is 21.5. The number of nitrogens with zero attached hydrogens (tertiary/aromatic N) is 4. The van der Waals surface area contributed by atoms with Crippen LogP contribution in [0, 0.1) is 5.92 Å². The van der Waals surface area contributed by atoms with Crippen molar-refractivity contribution in [1.82, 2.24) is 19.2 Å². The lowest BCUT2D eigenvalue weighted by Gasteiger charge is -2.33. The lowest BCUT2D eigenvalue weighted by Crippen LogP contribution is -2.42. The summed E-state index contributed by atoms with van der Waals surface area (Å²) in [5.41, 5.74) is -0.0307. The molecule has 1 atom stereocenters. The molecule has 1 amide bonds. The lowest BCUT2D eigenvalue weighted by molar-refractivity contribution is -0.135. The van der Waals surface area contributed by atoms with E-state index in [1.54, 1.807) is 7.11 Å². The minimum Gasteiger partial charge on any atom is -0.383 e. The maximum Gasteiger partial charge on any atom is 0.346 e. The van der Waals surface area contributed by atoms with Crippen LogP contribution in [0.25, 0.3) is 0 Å². The Labute approximate surface area is 142 Å². The fourth-order valence-electron chi connectivity index (χ4n) is 3.47. The van der Waals surface area contributed by atoms with Gasteiger partial charge in [0.05, 0.1) is 13.2 Å². The van der Waals surface area contributed by atoms with Crippen LogP contribution in [0.3, 0.4) is 0 Å². The highest BCUT2D eigenvalue weighted by atomic mass is 16.5. The summed E-state index contributed by atoms with van der Waals surface area (Å²) >= 11 is 0. The highest BCUT2D eigenvalue weighted by Gasteiger charge is 2.35. The SMILES string of the molecule is COCCn1nc(C2CCCN(C(=O)C(C)C)C2)n(C2CC2)c1=O. The molecule has 1 aliphatic heterocycles. The summed E-state index contributed by atoms with van der Waals surface area (Å²) in [6.45, 7) is 6.31. The Bertz CT molecular complexity index is 645. The molecule has 1 saturated heterocycles. The largest absolute Gasteiger partial charge is 0.383 e. The molecule has 0 radical (unpaired) electrons. The molecule has 134 valence electrons. The Balaban J connectivity index is 1.85. The van der Waals surface area contributed by atoms with Gasteiger partial charge in [-0.25, -0.2) is 9.48 Å². The number of rotatable bonds is 6. The van der Waals surface area contributed by atoms with Gasteiger partial charge in [0, 0.05) is 38.1 Å². The standard InChI is InChI=1S/C17H28N4O3/c1-12(2)16(22)19-8-4-5-13(11-19)15-18-20(9-10-24-3)17(23)21(15)14-6-7-14/h12-14H,4-11H2,1-3H3. The van der Waals surface area contributed by atoms with Crippen LogP contribution in [-0.2, 0) is 16.1 Å². The van der Waals surface area contributed by atoms with E-state index in [9.17, 15) is 9.59 Å². The monoisotopic (exact) mass is 336 g/mol. The Kier molecular flexibility index (Phi) is 5.08. The Morgan fingerprint density at radius 2 is 2.08 bits per heavy atom. The van der Waals surface area contributed by atoms with Crippen LogP contribution in [0.1, 0.15) is 57.3 Å². The highest BCUT2D eigenvalue weighted by Crippen LogP contribution is 2.37. The molecule has 7 nitrogen and oxygen atoms in total. The average Bonchev–Trinajstić information content (AvgIpc) is 3.36. The average molecular weight is 336 g/mol. The minimum absolute atomic E-state index is 0.00800. The molecule has 2 fully saturated rings. The van der Waals surface area contributed by atoms with Crippen LogP contribution in [0.4, 0.5) is 0 Å². The van der Waals surface area contributed by atoms with Gasteiger partial charge in [0.15, 0.2) is 0 Å². The van der Waals surface area contributed by atoms with Gasteiger partial charge in [-0.1, -0.05) is 13.8 Å². The van der Waals surface area contributed by atoms with Gasteiger partial charge in [-0.2, -0.15) is 5.10 Å². The van der Waals surface area contributed by atoms with Crippen molar-refractivity contribution >= 4 is 5.91 Å². The summed E-state index contributed by atoms with van der Waals surface area (Å²) in [4.78, 5) is 26.9. The zero-order chi connectivity index (χ0) is 17.3. The van der Waals surface area contributed by atoms with E-state index in [-0.39, 0.29) is 23.4 Å². The van der Waals surface area contributed by atoms with Crippen LogP contribution in [0.2, 0.25) is 0 Å². The van der Waals surface area contributed by atoms with Gasteiger partial charge in [-0.15, -0.1) is 0 Å². The molecule has 3 rings (SSSR count). The number of carbonyl (C=O) groups is 1. The fraction of sp³-hybridized carbons (Fsp3) is 0.824. The van der Waals surface area contributed by atoms with E-state index < -0.39 is 0 Å². The second kappa shape index (κ2) is 7.09. The van der Waals surface area contributed by atoms with Crippen molar-refractivity contribution in [2.24, 2.45) is 5.92 Å². The van der Waals surface area contributed by atoms with Crippen molar-refractivity contribution in [3.05, 3.63) is 16.3 Å². The molecule has 2 aliphatic rings. The second-order valence-electron chi connectivity index (χ2n) is 7.24. The first kappa shape index (κ1) is 17.2.